The molecule has 0 saturated heterocycles. The van der Waals surface area contributed by atoms with Crippen LogP contribution < -0.4 is 5.73 Å². The summed E-state index contributed by atoms with van der Waals surface area (Å²) in [6, 6.07) is 7.66. The summed E-state index contributed by atoms with van der Waals surface area (Å²) in [4.78, 5) is 24.2. The molecule has 25 heavy (non-hydrogen) atoms. The number of hydrogen-bond donors (Lipinski definition) is 2. The molecule has 4 heterocycles. The Kier molecular flexibility index (Phi) is 2.77. The normalized spacial score (nSPS) is 19.6. The minimum absolute atomic E-state index is 0.139. The van der Waals surface area contributed by atoms with E-state index in [4.69, 9.17) is 5.73 Å². The van der Waals surface area contributed by atoms with Crippen LogP contribution >= 0.6 is 0 Å². The van der Waals surface area contributed by atoms with Crippen molar-refractivity contribution in [3.05, 3.63) is 48.5 Å². The fourth-order valence-electron chi connectivity index (χ4n) is 3.19. The molecule has 7 heteroatoms. The predicted octanol–water partition coefficient (Wildman–Crippen LogP) is 3.00. The van der Waals surface area contributed by atoms with Gasteiger partial charge in [-0.05, 0) is 30.7 Å². The summed E-state index contributed by atoms with van der Waals surface area (Å²) < 4.78 is 15.0. The average Bonchev–Trinajstić information content (AvgIpc) is 3.04. The van der Waals surface area contributed by atoms with Crippen molar-refractivity contribution in [3.63, 3.8) is 0 Å². The quantitative estimate of drug-likeness (QED) is 0.563. The molecule has 2 atom stereocenters. The maximum atomic E-state index is 13.3. The van der Waals surface area contributed by atoms with Gasteiger partial charge in [-0.25, -0.2) is 14.4 Å². The highest BCUT2D eigenvalue weighted by Crippen LogP contribution is 2.38. The van der Waals surface area contributed by atoms with Gasteiger partial charge in [0, 0.05) is 35.1 Å². The molecule has 0 aromatic carbocycles. The third kappa shape index (κ3) is 2.12. The number of carbonyl (C=O) groups is 1. The number of hydrogen-bond acceptors (Lipinski definition) is 4. The van der Waals surface area contributed by atoms with Crippen LogP contribution in [0.2, 0.25) is 0 Å². The minimum Gasteiger partial charge on any atom is -0.382 e. The Morgan fingerprint density at radius 3 is 2.96 bits per heavy atom. The molecule has 0 bridgehead atoms. The maximum Gasteiger partial charge on any atom is 0.189 e. The first-order valence-electron chi connectivity index (χ1n) is 8.01. The lowest BCUT2D eigenvalue weighted by atomic mass is 10.1. The van der Waals surface area contributed by atoms with E-state index in [0.717, 1.165) is 22.2 Å². The van der Waals surface area contributed by atoms with Gasteiger partial charge in [0.15, 0.2) is 11.6 Å². The van der Waals surface area contributed by atoms with Crippen LogP contribution in [0.25, 0.3) is 27.8 Å². The Labute approximate surface area is 141 Å². The molecule has 3 N–H and O–H groups in total. The molecule has 6 nitrogen and oxygen atoms in total. The maximum absolute atomic E-state index is 13.3. The van der Waals surface area contributed by atoms with E-state index >= 15 is 0 Å². The molecular weight excluding hydrogens is 321 g/mol. The van der Waals surface area contributed by atoms with E-state index in [9.17, 15) is 9.18 Å². The molecule has 0 spiro atoms. The number of pyridine rings is 2. The van der Waals surface area contributed by atoms with Crippen molar-refractivity contribution in [1.82, 2.24) is 19.4 Å². The Morgan fingerprint density at radius 2 is 2.16 bits per heavy atom. The molecule has 0 amide bonds. The number of aromatic nitrogens is 4. The van der Waals surface area contributed by atoms with Gasteiger partial charge >= 0.3 is 0 Å². The van der Waals surface area contributed by atoms with Crippen molar-refractivity contribution in [2.75, 3.05) is 5.73 Å². The first kappa shape index (κ1) is 14.2. The fourth-order valence-corrected chi connectivity index (χ4v) is 3.19. The summed E-state index contributed by atoms with van der Waals surface area (Å²) in [7, 11) is 0. The lowest BCUT2D eigenvalue weighted by Gasteiger charge is -2.05. The number of anilines is 1. The summed E-state index contributed by atoms with van der Waals surface area (Å²) in [6.45, 7) is 0. The van der Waals surface area contributed by atoms with Gasteiger partial charge in [0.25, 0.3) is 0 Å². The molecule has 4 aromatic heterocycles. The van der Waals surface area contributed by atoms with Crippen LogP contribution in [0.1, 0.15) is 16.9 Å². The van der Waals surface area contributed by atoms with Crippen molar-refractivity contribution in [2.45, 2.75) is 12.6 Å². The predicted molar refractivity (Wildman–Crippen MR) is 92.0 cm³/mol. The lowest BCUT2D eigenvalue weighted by molar-refractivity contribution is 0.0952. The zero-order chi connectivity index (χ0) is 17.1. The van der Waals surface area contributed by atoms with Crippen LogP contribution in [0.3, 0.4) is 0 Å². The molecular formula is C18H14FN5O. The number of nitrogens with zero attached hydrogens (tertiary/aromatic N) is 3. The highest BCUT2D eigenvalue weighted by molar-refractivity contribution is 6.03. The second kappa shape index (κ2) is 4.89. The van der Waals surface area contributed by atoms with Crippen LogP contribution in [-0.4, -0.2) is 31.3 Å². The number of ketones is 1. The number of nitrogens with two attached hydrogens (primary N) is 1. The van der Waals surface area contributed by atoms with Gasteiger partial charge in [-0.3, -0.25) is 9.20 Å². The van der Waals surface area contributed by atoms with Crippen LogP contribution in [0.5, 0.6) is 0 Å². The number of nitrogens with one attached hydrogen (secondary N) is 1. The second-order valence-electron chi connectivity index (χ2n) is 6.35. The van der Waals surface area contributed by atoms with Gasteiger partial charge in [-0.1, -0.05) is 0 Å². The van der Waals surface area contributed by atoms with Crippen LogP contribution in [0.4, 0.5) is 10.2 Å². The lowest BCUT2D eigenvalue weighted by Crippen LogP contribution is -2.10. The third-order valence-electron chi connectivity index (χ3n) is 4.66. The second-order valence-corrected chi connectivity index (χ2v) is 6.35. The van der Waals surface area contributed by atoms with Gasteiger partial charge in [0.1, 0.15) is 23.2 Å². The van der Waals surface area contributed by atoms with E-state index in [0.29, 0.717) is 5.65 Å². The topological polar surface area (TPSA) is 89.1 Å². The number of halogens is 1. The number of rotatable bonds is 3. The Balaban J connectivity index is 1.66. The monoisotopic (exact) mass is 335 g/mol. The molecule has 4 aromatic rings. The first-order valence-corrected chi connectivity index (χ1v) is 8.01. The minimum atomic E-state index is -1.07. The van der Waals surface area contributed by atoms with Gasteiger partial charge in [-0.2, -0.15) is 0 Å². The number of nitrogen functional groups attached to an aromatic ring is 1. The number of aromatic amines is 1. The Hall–Kier alpha value is -3.22. The standard InChI is InChI=1S/C18H14FN5O/c19-13-6-12(13)16(25)15-17(20)23-14-2-1-10(8-24(14)15)11-5-9-3-4-21-18(9)22-7-11/h1-5,7-8,12-13H,6,20H2,(H,21,22)/t12-,13+/m1/s1. The van der Waals surface area contributed by atoms with Gasteiger partial charge in [-0.15, -0.1) is 0 Å². The van der Waals surface area contributed by atoms with E-state index in [1.165, 1.54) is 0 Å². The molecule has 1 aliphatic rings. The Morgan fingerprint density at radius 1 is 1.32 bits per heavy atom. The molecule has 1 fully saturated rings. The summed E-state index contributed by atoms with van der Waals surface area (Å²) >= 11 is 0. The zero-order valence-electron chi connectivity index (χ0n) is 13.1. The third-order valence-corrected chi connectivity index (χ3v) is 4.66. The SMILES string of the molecule is Nc1nc2ccc(-c3cnc4[nH]ccc4c3)cn2c1C(=O)[C@@H]1C[C@@H]1F. The molecule has 0 aliphatic heterocycles. The zero-order valence-corrected chi connectivity index (χ0v) is 13.1. The highest BCUT2D eigenvalue weighted by atomic mass is 19.1. The average molecular weight is 335 g/mol. The molecule has 0 radical (unpaired) electrons. The molecule has 124 valence electrons. The van der Waals surface area contributed by atoms with Crippen LogP contribution in [0, 0.1) is 5.92 Å². The van der Waals surface area contributed by atoms with E-state index in [1.54, 1.807) is 22.9 Å². The number of fused-ring (bicyclic) bond motifs is 2. The number of Topliss-reactive ketones (excluding diaryl/α,β-unsaturated/α-hetero) is 1. The smallest absolute Gasteiger partial charge is 0.189 e. The van der Waals surface area contributed by atoms with E-state index < -0.39 is 12.1 Å². The van der Waals surface area contributed by atoms with E-state index in [2.05, 4.69) is 15.0 Å². The largest absolute Gasteiger partial charge is 0.382 e. The van der Waals surface area contributed by atoms with Crippen molar-refractivity contribution < 1.29 is 9.18 Å². The van der Waals surface area contributed by atoms with Crippen molar-refractivity contribution >= 4 is 28.3 Å². The molecule has 1 aliphatic carbocycles. The van der Waals surface area contributed by atoms with Gasteiger partial charge in [0.2, 0.25) is 0 Å². The van der Waals surface area contributed by atoms with Crippen molar-refractivity contribution in [2.24, 2.45) is 5.92 Å². The van der Waals surface area contributed by atoms with E-state index in [1.807, 2.05) is 24.4 Å². The number of H-pyrrole nitrogens is 1. The highest BCUT2D eigenvalue weighted by Gasteiger charge is 2.45. The van der Waals surface area contributed by atoms with Gasteiger partial charge < -0.3 is 10.7 Å². The number of carbonyl (C=O) groups excluding carboxylic acids is 1. The van der Waals surface area contributed by atoms with Crippen LogP contribution in [0.15, 0.2) is 42.9 Å². The summed E-state index contributed by atoms with van der Waals surface area (Å²) in [5, 5.41) is 0.997. The van der Waals surface area contributed by atoms with Crippen molar-refractivity contribution in [3.8, 4) is 11.1 Å². The molecule has 5 rings (SSSR count). The number of alkyl halides is 1. The fraction of sp³-hybridized carbons (Fsp3) is 0.167. The summed E-state index contributed by atoms with van der Waals surface area (Å²) in [5.74, 6) is -0.738. The first-order chi connectivity index (χ1) is 12.1. The number of imidazole rings is 1. The van der Waals surface area contributed by atoms with E-state index in [-0.39, 0.29) is 23.7 Å². The Bertz CT molecular complexity index is 1140. The van der Waals surface area contributed by atoms with Crippen LogP contribution in [-0.2, 0) is 0 Å². The molecule has 1 saturated carbocycles. The summed E-state index contributed by atoms with van der Waals surface area (Å²) in [5.41, 5.74) is 9.35. The molecule has 0 unspecified atom stereocenters. The summed E-state index contributed by atoms with van der Waals surface area (Å²) in [6.07, 6.45) is 4.60. The van der Waals surface area contributed by atoms with Gasteiger partial charge in [0.05, 0.1) is 5.92 Å². The van der Waals surface area contributed by atoms with Crippen molar-refractivity contribution in [1.29, 1.82) is 0 Å².